The monoisotopic (exact) mass is 301 g/mol. The van der Waals surface area contributed by atoms with Crippen LogP contribution in [0.4, 0.5) is 5.69 Å². The van der Waals surface area contributed by atoms with Crippen molar-refractivity contribution in [1.82, 2.24) is 10.3 Å². The van der Waals surface area contributed by atoms with Gasteiger partial charge in [0.2, 0.25) is 0 Å². The first-order valence-electron chi connectivity index (χ1n) is 7.21. The fourth-order valence-electron chi connectivity index (χ4n) is 2.12. The molecular formula is C16H19N3OS. The van der Waals surface area contributed by atoms with Crippen molar-refractivity contribution < 1.29 is 4.79 Å². The lowest BCUT2D eigenvalue weighted by Gasteiger charge is -2.13. The molecule has 1 aliphatic carbocycles. The number of thiazole rings is 1. The first kappa shape index (κ1) is 14.1. The molecule has 2 N–H and O–H groups in total. The van der Waals surface area contributed by atoms with Gasteiger partial charge in [-0.25, -0.2) is 4.98 Å². The molecule has 0 saturated heterocycles. The van der Waals surface area contributed by atoms with Gasteiger partial charge >= 0.3 is 0 Å². The van der Waals surface area contributed by atoms with Crippen LogP contribution >= 0.6 is 11.3 Å². The molecule has 0 radical (unpaired) electrons. The van der Waals surface area contributed by atoms with E-state index in [1.165, 1.54) is 0 Å². The summed E-state index contributed by atoms with van der Waals surface area (Å²) in [6, 6.07) is 8.15. The molecule has 1 atom stereocenters. The van der Waals surface area contributed by atoms with Crippen LogP contribution in [0.5, 0.6) is 0 Å². The summed E-state index contributed by atoms with van der Waals surface area (Å²) >= 11 is 1.66. The first-order valence-corrected chi connectivity index (χ1v) is 8.09. The van der Waals surface area contributed by atoms with Crippen molar-refractivity contribution >= 4 is 22.9 Å². The number of carbonyl (C=O) groups is 1. The van der Waals surface area contributed by atoms with E-state index in [-0.39, 0.29) is 11.9 Å². The highest BCUT2D eigenvalue weighted by Gasteiger charge is 2.23. The lowest BCUT2D eigenvalue weighted by atomic mass is 10.1. The summed E-state index contributed by atoms with van der Waals surface area (Å²) in [4.78, 5) is 16.4. The molecule has 1 fully saturated rings. The van der Waals surface area contributed by atoms with Crippen LogP contribution in [0.2, 0.25) is 0 Å². The lowest BCUT2D eigenvalue weighted by Crippen LogP contribution is -2.25. The van der Waals surface area contributed by atoms with Crippen molar-refractivity contribution in [2.24, 2.45) is 0 Å². The van der Waals surface area contributed by atoms with Gasteiger partial charge in [0.05, 0.1) is 16.7 Å². The summed E-state index contributed by atoms with van der Waals surface area (Å²) in [6.07, 6.45) is 2.21. The van der Waals surface area contributed by atoms with Gasteiger partial charge < -0.3 is 10.6 Å². The van der Waals surface area contributed by atoms with Crippen LogP contribution in [0.1, 0.15) is 46.9 Å². The third kappa shape index (κ3) is 3.61. The standard InChI is InChI=1S/C16H19N3OS/c1-10(15-9-21-11(2)18-15)17-13-5-3-12(4-6-13)16(20)19-14-7-8-14/h3-6,9-10,14,17H,7-8H2,1-2H3,(H,19,20). The Balaban J connectivity index is 1.62. The largest absolute Gasteiger partial charge is 0.377 e. The van der Waals surface area contributed by atoms with Gasteiger partial charge in [-0.2, -0.15) is 0 Å². The average Bonchev–Trinajstić information content (AvgIpc) is 3.17. The number of benzene rings is 1. The predicted molar refractivity (Wildman–Crippen MR) is 85.8 cm³/mol. The molecular weight excluding hydrogens is 282 g/mol. The minimum atomic E-state index is 0.0206. The predicted octanol–water partition coefficient (Wildman–Crippen LogP) is 3.52. The number of hydrogen-bond acceptors (Lipinski definition) is 4. The number of aromatic nitrogens is 1. The Hall–Kier alpha value is -1.88. The molecule has 1 aromatic carbocycles. The van der Waals surface area contributed by atoms with Crippen LogP contribution in [-0.2, 0) is 0 Å². The molecule has 1 aliphatic rings. The summed E-state index contributed by atoms with van der Waals surface area (Å²) in [5, 5.41) is 9.54. The number of hydrogen-bond donors (Lipinski definition) is 2. The molecule has 1 unspecified atom stereocenters. The highest BCUT2D eigenvalue weighted by Crippen LogP contribution is 2.22. The molecule has 2 aromatic rings. The Morgan fingerprint density at radius 2 is 2.05 bits per heavy atom. The van der Waals surface area contributed by atoms with Crippen LogP contribution < -0.4 is 10.6 Å². The van der Waals surface area contributed by atoms with Crippen LogP contribution in [0, 0.1) is 6.92 Å². The Morgan fingerprint density at radius 3 is 2.62 bits per heavy atom. The van der Waals surface area contributed by atoms with Crippen LogP contribution in [0.25, 0.3) is 0 Å². The van der Waals surface area contributed by atoms with Crippen molar-refractivity contribution in [2.75, 3.05) is 5.32 Å². The molecule has 1 heterocycles. The Bertz CT molecular complexity index is 631. The molecule has 21 heavy (non-hydrogen) atoms. The van der Waals surface area contributed by atoms with Gasteiger partial charge in [-0.05, 0) is 51.0 Å². The molecule has 110 valence electrons. The minimum absolute atomic E-state index is 0.0206. The van der Waals surface area contributed by atoms with Crippen LogP contribution in [-0.4, -0.2) is 16.9 Å². The fraction of sp³-hybridized carbons (Fsp3) is 0.375. The van der Waals surface area contributed by atoms with Crippen LogP contribution in [0.15, 0.2) is 29.6 Å². The molecule has 1 aromatic heterocycles. The molecule has 0 bridgehead atoms. The molecule has 3 rings (SSSR count). The topological polar surface area (TPSA) is 54.0 Å². The van der Waals surface area contributed by atoms with Gasteiger partial charge in [-0.1, -0.05) is 0 Å². The molecule has 4 nitrogen and oxygen atoms in total. The number of amides is 1. The second-order valence-corrected chi connectivity index (χ2v) is 6.54. The molecule has 5 heteroatoms. The summed E-state index contributed by atoms with van der Waals surface area (Å²) in [5.41, 5.74) is 2.76. The summed E-state index contributed by atoms with van der Waals surface area (Å²) < 4.78 is 0. The lowest BCUT2D eigenvalue weighted by molar-refractivity contribution is 0.0951. The maximum Gasteiger partial charge on any atom is 0.251 e. The molecule has 1 saturated carbocycles. The molecule has 0 aliphatic heterocycles. The number of nitrogens with zero attached hydrogens (tertiary/aromatic N) is 1. The van der Waals surface area contributed by atoms with Gasteiger partial charge in [-0.15, -0.1) is 11.3 Å². The Kier molecular flexibility index (Phi) is 3.92. The summed E-state index contributed by atoms with van der Waals surface area (Å²) in [6.45, 7) is 4.09. The van der Waals surface area contributed by atoms with Gasteiger partial charge in [-0.3, -0.25) is 4.79 Å². The van der Waals surface area contributed by atoms with E-state index < -0.39 is 0 Å². The molecule has 0 spiro atoms. The normalized spacial score (nSPS) is 15.5. The van der Waals surface area contributed by atoms with E-state index in [0.717, 1.165) is 29.2 Å². The van der Waals surface area contributed by atoms with E-state index >= 15 is 0 Å². The zero-order chi connectivity index (χ0) is 14.8. The minimum Gasteiger partial charge on any atom is -0.377 e. The van der Waals surface area contributed by atoms with Crippen molar-refractivity contribution in [2.45, 2.75) is 38.8 Å². The second-order valence-electron chi connectivity index (χ2n) is 5.48. The highest BCUT2D eigenvalue weighted by atomic mass is 32.1. The van der Waals surface area contributed by atoms with E-state index in [2.05, 4.69) is 27.9 Å². The zero-order valence-corrected chi connectivity index (χ0v) is 13.0. The van der Waals surface area contributed by atoms with E-state index in [0.29, 0.717) is 11.6 Å². The van der Waals surface area contributed by atoms with Gasteiger partial charge in [0, 0.05) is 22.7 Å². The highest BCUT2D eigenvalue weighted by molar-refractivity contribution is 7.09. The summed E-state index contributed by atoms with van der Waals surface area (Å²) in [5.74, 6) is 0.0206. The van der Waals surface area contributed by atoms with Gasteiger partial charge in [0.25, 0.3) is 5.91 Å². The van der Waals surface area contributed by atoms with Crippen molar-refractivity contribution in [3.63, 3.8) is 0 Å². The SMILES string of the molecule is Cc1nc(C(C)Nc2ccc(C(=O)NC3CC3)cc2)cs1. The van der Waals surface area contributed by atoms with E-state index in [4.69, 9.17) is 0 Å². The van der Waals surface area contributed by atoms with E-state index in [1.54, 1.807) is 11.3 Å². The number of aryl methyl sites for hydroxylation is 1. The van der Waals surface area contributed by atoms with E-state index in [1.807, 2.05) is 31.2 Å². The Labute approximate surface area is 128 Å². The average molecular weight is 301 g/mol. The second kappa shape index (κ2) is 5.85. The molecule has 1 amide bonds. The van der Waals surface area contributed by atoms with Gasteiger partial charge in [0.1, 0.15) is 0 Å². The number of nitrogens with one attached hydrogen (secondary N) is 2. The van der Waals surface area contributed by atoms with Crippen molar-refractivity contribution in [3.8, 4) is 0 Å². The maximum atomic E-state index is 11.9. The third-order valence-electron chi connectivity index (χ3n) is 3.52. The maximum absolute atomic E-state index is 11.9. The number of rotatable bonds is 5. The number of carbonyl (C=O) groups excluding carboxylic acids is 1. The van der Waals surface area contributed by atoms with Gasteiger partial charge in [0.15, 0.2) is 0 Å². The van der Waals surface area contributed by atoms with Crippen LogP contribution in [0.3, 0.4) is 0 Å². The third-order valence-corrected chi connectivity index (χ3v) is 4.31. The number of anilines is 1. The fourth-order valence-corrected chi connectivity index (χ4v) is 2.82. The Morgan fingerprint density at radius 1 is 1.33 bits per heavy atom. The van der Waals surface area contributed by atoms with E-state index in [9.17, 15) is 4.79 Å². The zero-order valence-electron chi connectivity index (χ0n) is 12.2. The van der Waals surface area contributed by atoms with Crippen molar-refractivity contribution in [1.29, 1.82) is 0 Å². The summed E-state index contributed by atoms with van der Waals surface area (Å²) in [7, 11) is 0. The smallest absolute Gasteiger partial charge is 0.251 e. The quantitative estimate of drug-likeness (QED) is 0.888. The first-order chi connectivity index (χ1) is 10.1. The van der Waals surface area contributed by atoms with Crippen molar-refractivity contribution in [3.05, 3.63) is 45.9 Å².